The molecule has 9 heteroatoms. The fourth-order valence-corrected chi connectivity index (χ4v) is 4.44. The van der Waals surface area contributed by atoms with E-state index in [1.807, 2.05) is 24.3 Å². The lowest BCUT2D eigenvalue weighted by molar-refractivity contribution is 0.248. The van der Waals surface area contributed by atoms with Crippen molar-refractivity contribution in [1.29, 1.82) is 0 Å². The second kappa shape index (κ2) is 10.4. The van der Waals surface area contributed by atoms with Gasteiger partial charge in [0.25, 0.3) is 0 Å². The van der Waals surface area contributed by atoms with E-state index in [1.54, 1.807) is 19.2 Å². The molecular formula is C23H26FN5O2S. The smallest absolute Gasteiger partial charge is 0.319 e. The molecule has 4 rings (SSSR count). The first-order chi connectivity index (χ1) is 15.6. The Labute approximate surface area is 190 Å². The molecule has 2 heterocycles. The van der Waals surface area contributed by atoms with E-state index in [2.05, 4.69) is 19.9 Å². The quantitative estimate of drug-likeness (QED) is 0.555. The number of para-hydroxylation sites is 1. The predicted molar refractivity (Wildman–Crippen MR) is 124 cm³/mol. The number of rotatable bonds is 7. The van der Waals surface area contributed by atoms with E-state index in [1.165, 1.54) is 23.7 Å². The molecule has 0 radical (unpaired) electrons. The fraction of sp³-hybridized carbons (Fsp3) is 0.348. The number of nitrogens with zero attached hydrogens (tertiary/aromatic N) is 3. The molecule has 32 heavy (non-hydrogen) atoms. The molecule has 0 spiro atoms. The number of ether oxygens (including phenoxy) is 1. The fourth-order valence-electron chi connectivity index (χ4n) is 3.70. The lowest BCUT2D eigenvalue weighted by Gasteiger charge is -2.31. The van der Waals surface area contributed by atoms with Crippen LogP contribution in [0.2, 0.25) is 0 Å². The molecule has 0 unspecified atom stereocenters. The lowest BCUT2D eigenvalue weighted by Crippen LogP contribution is -2.39. The highest BCUT2D eigenvalue weighted by Gasteiger charge is 2.22. The molecule has 3 aromatic rings. The summed E-state index contributed by atoms with van der Waals surface area (Å²) in [6.07, 6.45) is 2.57. The second-order valence-electron chi connectivity index (χ2n) is 7.77. The highest BCUT2D eigenvalue weighted by Crippen LogP contribution is 2.25. The van der Waals surface area contributed by atoms with Crippen LogP contribution in [-0.4, -0.2) is 42.1 Å². The van der Waals surface area contributed by atoms with Crippen molar-refractivity contribution >= 4 is 28.4 Å². The Hall–Kier alpha value is -3.20. The summed E-state index contributed by atoms with van der Waals surface area (Å²) in [4.78, 5) is 19.0. The number of anilines is 2. The summed E-state index contributed by atoms with van der Waals surface area (Å²) >= 11 is 1.43. The number of amides is 2. The SMILES string of the molecule is COc1cccc(Cc2nsc(N3CCC(CNC(=O)Nc4ccccc4F)CC3)n2)c1. The third-order valence-corrected chi connectivity index (χ3v) is 6.33. The van der Waals surface area contributed by atoms with E-state index >= 15 is 0 Å². The Morgan fingerprint density at radius 1 is 1.22 bits per heavy atom. The summed E-state index contributed by atoms with van der Waals surface area (Å²) in [5.74, 6) is 1.57. The molecule has 168 valence electrons. The zero-order valence-electron chi connectivity index (χ0n) is 17.9. The van der Waals surface area contributed by atoms with Crippen LogP contribution in [0.1, 0.15) is 24.2 Å². The van der Waals surface area contributed by atoms with Gasteiger partial charge in [0, 0.05) is 37.6 Å². The minimum Gasteiger partial charge on any atom is -0.497 e. The number of piperidine rings is 1. The first kappa shape index (κ1) is 22.0. The Bertz CT molecular complexity index is 1050. The number of nitrogens with one attached hydrogen (secondary N) is 2. The number of carbonyl (C=O) groups excluding carboxylic acids is 1. The van der Waals surface area contributed by atoms with Gasteiger partial charge < -0.3 is 20.3 Å². The third-order valence-electron chi connectivity index (χ3n) is 5.51. The molecule has 0 bridgehead atoms. The van der Waals surface area contributed by atoms with Gasteiger partial charge in [0.1, 0.15) is 17.4 Å². The molecule has 0 aliphatic carbocycles. The van der Waals surface area contributed by atoms with Crippen LogP contribution in [0, 0.1) is 11.7 Å². The molecule has 7 nitrogen and oxygen atoms in total. The molecule has 2 amide bonds. The van der Waals surface area contributed by atoms with Crippen molar-refractivity contribution in [3.8, 4) is 5.75 Å². The third kappa shape index (κ3) is 5.73. The topological polar surface area (TPSA) is 79.4 Å². The molecular weight excluding hydrogens is 429 g/mol. The van der Waals surface area contributed by atoms with Gasteiger partial charge in [-0.2, -0.15) is 4.37 Å². The number of urea groups is 1. The van der Waals surface area contributed by atoms with E-state index in [-0.39, 0.29) is 11.7 Å². The maximum atomic E-state index is 13.6. The van der Waals surface area contributed by atoms with Crippen molar-refractivity contribution in [2.45, 2.75) is 19.3 Å². The van der Waals surface area contributed by atoms with Crippen molar-refractivity contribution in [2.75, 3.05) is 37.0 Å². The number of carbonyl (C=O) groups is 1. The standard InChI is InChI=1S/C23H26FN5O2S/c1-31-18-6-4-5-17(13-18)14-21-27-23(32-28-21)29-11-9-16(10-12-29)15-25-22(30)26-20-8-3-2-7-19(20)24/h2-8,13,16H,9-12,14-15H2,1H3,(H2,25,26,30). The maximum Gasteiger partial charge on any atom is 0.319 e. The molecule has 1 fully saturated rings. The van der Waals surface area contributed by atoms with Crippen LogP contribution in [0.25, 0.3) is 0 Å². The van der Waals surface area contributed by atoms with Gasteiger partial charge in [-0.1, -0.05) is 24.3 Å². The van der Waals surface area contributed by atoms with Crippen molar-refractivity contribution in [2.24, 2.45) is 5.92 Å². The van der Waals surface area contributed by atoms with Crippen LogP contribution in [-0.2, 0) is 6.42 Å². The summed E-state index contributed by atoms with van der Waals surface area (Å²) in [6.45, 7) is 2.30. The molecule has 1 aliphatic heterocycles. The summed E-state index contributed by atoms with van der Waals surface area (Å²) in [6, 6.07) is 13.7. The number of hydrogen-bond acceptors (Lipinski definition) is 6. The summed E-state index contributed by atoms with van der Waals surface area (Å²) < 4.78 is 23.4. The van der Waals surface area contributed by atoms with Gasteiger partial charge in [-0.3, -0.25) is 0 Å². The number of methoxy groups -OCH3 is 1. The van der Waals surface area contributed by atoms with E-state index in [9.17, 15) is 9.18 Å². The molecule has 1 aromatic heterocycles. The Kier molecular flexibility index (Phi) is 7.16. The number of halogens is 1. The van der Waals surface area contributed by atoms with Crippen LogP contribution in [0.15, 0.2) is 48.5 Å². The van der Waals surface area contributed by atoms with E-state index in [0.29, 0.717) is 18.9 Å². The largest absolute Gasteiger partial charge is 0.497 e. The molecule has 1 saturated heterocycles. The van der Waals surface area contributed by atoms with Crippen LogP contribution in [0.5, 0.6) is 5.75 Å². The molecule has 1 aliphatic rings. The Morgan fingerprint density at radius 2 is 2.03 bits per heavy atom. The van der Waals surface area contributed by atoms with Crippen LogP contribution < -0.4 is 20.3 Å². The summed E-state index contributed by atoms with van der Waals surface area (Å²) in [5, 5.41) is 6.34. The van der Waals surface area contributed by atoms with Crippen molar-refractivity contribution in [3.63, 3.8) is 0 Å². The van der Waals surface area contributed by atoms with Gasteiger partial charge in [0.2, 0.25) is 5.13 Å². The van der Waals surface area contributed by atoms with E-state index < -0.39 is 5.82 Å². The number of aromatic nitrogens is 2. The molecule has 0 saturated carbocycles. The van der Waals surface area contributed by atoms with Crippen molar-refractivity contribution in [1.82, 2.24) is 14.7 Å². The molecule has 2 aromatic carbocycles. The zero-order chi connectivity index (χ0) is 22.3. The van der Waals surface area contributed by atoms with Crippen LogP contribution >= 0.6 is 11.5 Å². The normalized spacial score (nSPS) is 14.2. The summed E-state index contributed by atoms with van der Waals surface area (Å²) in [7, 11) is 1.66. The Balaban J connectivity index is 1.22. The van der Waals surface area contributed by atoms with Gasteiger partial charge in [-0.05, 0) is 48.6 Å². The van der Waals surface area contributed by atoms with Gasteiger partial charge in [0.15, 0.2) is 0 Å². The van der Waals surface area contributed by atoms with Crippen LogP contribution in [0.3, 0.4) is 0 Å². The van der Waals surface area contributed by atoms with Crippen molar-refractivity contribution < 1.29 is 13.9 Å². The monoisotopic (exact) mass is 455 g/mol. The molecule has 0 atom stereocenters. The number of hydrogen-bond donors (Lipinski definition) is 2. The lowest BCUT2D eigenvalue weighted by atomic mass is 9.97. The van der Waals surface area contributed by atoms with Gasteiger partial charge >= 0.3 is 6.03 Å². The van der Waals surface area contributed by atoms with Gasteiger partial charge in [-0.15, -0.1) is 0 Å². The van der Waals surface area contributed by atoms with Crippen LogP contribution in [0.4, 0.5) is 20.0 Å². The highest BCUT2D eigenvalue weighted by molar-refractivity contribution is 7.09. The first-order valence-corrected chi connectivity index (χ1v) is 11.4. The maximum absolute atomic E-state index is 13.6. The minimum atomic E-state index is -0.446. The first-order valence-electron chi connectivity index (χ1n) is 10.6. The van der Waals surface area contributed by atoms with Gasteiger partial charge in [-0.25, -0.2) is 14.2 Å². The highest BCUT2D eigenvalue weighted by atomic mass is 32.1. The minimum absolute atomic E-state index is 0.181. The second-order valence-corrected chi connectivity index (χ2v) is 8.50. The van der Waals surface area contributed by atoms with E-state index in [4.69, 9.17) is 9.72 Å². The van der Waals surface area contributed by atoms with Gasteiger partial charge in [0.05, 0.1) is 12.8 Å². The number of benzene rings is 2. The predicted octanol–water partition coefficient (Wildman–Crippen LogP) is 4.31. The Morgan fingerprint density at radius 3 is 2.81 bits per heavy atom. The van der Waals surface area contributed by atoms with Crippen molar-refractivity contribution in [3.05, 3.63) is 65.7 Å². The molecule has 2 N–H and O–H groups in total. The van der Waals surface area contributed by atoms with E-state index in [0.717, 1.165) is 48.2 Å². The average Bonchev–Trinajstić information content (AvgIpc) is 3.28. The average molecular weight is 456 g/mol. The zero-order valence-corrected chi connectivity index (χ0v) is 18.7. The summed E-state index contributed by atoms with van der Waals surface area (Å²) in [5.41, 5.74) is 1.30.